The van der Waals surface area contributed by atoms with Crippen LogP contribution in [0, 0.1) is 0 Å². The van der Waals surface area contributed by atoms with E-state index >= 15 is 0 Å². The molecule has 24 heavy (non-hydrogen) atoms. The smallest absolute Gasteiger partial charge is 0.234 e. The Labute approximate surface area is 148 Å². The van der Waals surface area contributed by atoms with Crippen molar-refractivity contribution in [3.8, 4) is 0 Å². The Balaban J connectivity index is 1.59. The molecule has 1 heterocycles. The quantitative estimate of drug-likeness (QED) is 0.818. The third-order valence-corrected chi connectivity index (χ3v) is 5.58. The zero-order chi connectivity index (χ0) is 16.6. The molecule has 1 fully saturated rings. The third kappa shape index (κ3) is 5.18. The molecule has 4 heteroatoms. The van der Waals surface area contributed by atoms with Crippen LogP contribution in [0.3, 0.4) is 0 Å². The van der Waals surface area contributed by atoms with Crippen LogP contribution in [-0.4, -0.2) is 23.4 Å². The van der Waals surface area contributed by atoms with E-state index in [4.69, 9.17) is 0 Å². The molecule has 1 aromatic heterocycles. The van der Waals surface area contributed by atoms with E-state index in [0.717, 1.165) is 6.54 Å². The van der Waals surface area contributed by atoms with Crippen molar-refractivity contribution in [3.05, 3.63) is 58.3 Å². The van der Waals surface area contributed by atoms with Gasteiger partial charge in [0.2, 0.25) is 5.91 Å². The van der Waals surface area contributed by atoms with Crippen LogP contribution in [0.2, 0.25) is 0 Å². The van der Waals surface area contributed by atoms with Crippen LogP contribution in [0.15, 0.2) is 47.8 Å². The molecule has 1 aliphatic carbocycles. The van der Waals surface area contributed by atoms with Crippen LogP contribution < -0.4 is 5.32 Å². The Morgan fingerprint density at radius 1 is 1.08 bits per heavy atom. The first-order valence-electron chi connectivity index (χ1n) is 8.88. The minimum Gasteiger partial charge on any atom is -0.350 e. The second-order valence-electron chi connectivity index (χ2n) is 6.54. The fraction of sp³-hybridized carbons (Fsp3) is 0.450. The maximum atomic E-state index is 12.4. The predicted molar refractivity (Wildman–Crippen MR) is 99.9 cm³/mol. The summed E-state index contributed by atoms with van der Waals surface area (Å²) >= 11 is 1.69. The number of carbonyl (C=O) groups is 1. The maximum Gasteiger partial charge on any atom is 0.234 e. The van der Waals surface area contributed by atoms with E-state index in [1.807, 2.05) is 17.5 Å². The van der Waals surface area contributed by atoms with E-state index in [2.05, 4.69) is 40.5 Å². The lowest BCUT2D eigenvalue weighted by molar-refractivity contribution is -0.123. The zero-order valence-electron chi connectivity index (χ0n) is 14.1. The number of hydrogen-bond donors (Lipinski definition) is 1. The van der Waals surface area contributed by atoms with Gasteiger partial charge in [0.15, 0.2) is 0 Å². The van der Waals surface area contributed by atoms with E-state index in [0.29, 0.717) is 19.1 Å². The summed E-state index contributed by atoms with van der Waals surface area (Å²) in [6.07, 6.45) is 6.33. The minimum atomic E-state index is 0.130. The van der Waals surface area contributed by atoms with Gasteiger partial charge in [0.05, 0.1) is 13.1 Å². The number of rotatable bonds is 7. The highest BCUT2D eigenvalue weighted by molar-refractivity contribution is 7.09. The molecule has 0 spiro atoms. The summed E-state index contributed by atoms with van der Waals surface area (Å²) < 4.78 is 0. The summed E-state index contributed by atoms with van der Waals surface area (Å²) in [4.78, 5) is 16.0. The van der Waals surface area contributed by atoms with Crippen molar-refractivity contribution in [3.63, 3.8) is 0 Å². The number of nitrogens with zero attached hydrogens (tertiary/aromatic N) is 1. The summed E-state index contributed by atoms with van der Waals surface area (Å²) in [5.74, 6) is 0.130. The molecule has 2 aromatic rings. The molecule has 3 nitrogen and oxygen atoms in total. The number of hydrogen-bond acceptors (Lipinski definition) is 3. The molecule has 1 aromatic carbocycles. The maximum absolute atomic E-state index is 12.4. The van der Waals surface area contributed by atoms with Gasteiger partial charge in [-0.05, 0) is 29.9 Å². The molecule has 1 N–H and O–H groups in total. The van der Waals surface area contributed by atoms with E-state index in [1.165, 1.54) is 42.5 Å². The standard InChI is InChI=1S/C20H26N2OS/c23-20(21-14-19-12-7-13-24-19)16-22(18-10-5-2-6-11-18)15-17-8-3-1-4-9-17/h1,3-4,7-9,12-13,18H,2,5-6,10-11,14-16H2,(H,21,23). The molecule has 0 radical (unpaired) electrons. The molecular formula is C20H26N2OS. The van der Waals surface area contributed by atoms with Crippen molar-refractivity contribution >= 4 is 17.2 Å². The Kier molecular flexibility index (Phi) is 6.44. The lowest BCUT2D eigenvalue weighted by atomic mass is 9.93. The average molecular weight is 343 g/mol. The summed E-state index contributed by atoms with van der Waals surface area (Å²) in [6.45, 7) is 1.99. The van der Waals surface area contributed by atoms with E-state index in [-0.39, 0.29) is 5.91 Å². The first kappa shape index (κ1) is 17.2. The number of nitrogens with one attached hydrogen (secondary N) is 1. The number of carbonyl (C=O) groups excluding carboxylic acids is 1. The normalized spacial score (nSPS) is 15.5. The van der Waals surface area contributed by atoms with Crippen LogP contribution >= 0.6 is 11.3 Å². The first-order valence-corrected chi connectivity index (χ1v) is 9.76. The lowest BCUT2D eigenvalue weighted by Crippen LogP contribution is -2.43. The second-order valence-corrected chi connectivity index (χ2v) is 7.57. The molecule has 3 rings (SSSR count). The Bertz CT molecular complexity index is 606. The molecule has 1 saturated carbocycles. The van der Waals surface area contributed by atoms with Gasteiger partial charge >= 0.3 is 0 Å². The molecular weight excluding hydrogens is 316 g/mol. The number of amides is 1. The Hall–Kier alpha value is -1.65. The topological polar surface area (TPSA) is 32.3 Å². The summed E-state index contributed by atoms with van der Waals surface area (Å²) in [5.41, 5.74) is 1.29. The molecule has 0 bridgehead atoms. The fourth-order valence-electron chi connectivity index (χ4n) is 3.42. The van der Waals surface area contributed by atoms with Crippen LogP contribution in [0.4, 0.5) is 0 Å². The molecule has 0 saturated heterocycles. The highest BCUT2D eigenvalue weighted by atomic mass is 32.1. The molecule has 0 unspecified atom stereocenters. The summed E-state index contributed by atoms with van der Waals surface area (Å²) in [7, 11) is 0. The fourth-order valence-corrected chi connectivity index (χ4v) is 4.06. The van der Waals surface area contributed by atoms with Crippen molar-refractivity contribution < 1.29 is 4.79 Å². The number of thiophene rings is 1. The van der Waals surface area contributed by atoms with E-state index in [1.54, 1.807) is 11.3 Å². The molecule has 0 atom stereocenters. The second kappa shape index (κ2) is 9.00. The monoisotopic (exact) mass is 342 g/mol. The average Bonchev–Trinajstić information content (AvgIpc) is 3.15. The van der Waals surface area contributed by atoms with Crippen LogP contribution in [0.1, 0.15) is 42.5 Å². The summed E-state index contributed by atoms with van der Waals surface area (Å²) in [5, 5.41) is 5.12. The third-order valence-electron chi connectivity index (χ3n) is 4.71. The Morgan fingerprint density at radius 2 is 1.88 bits per heavy atom. The lowest BCUT2D eigenvalue weighted by Gasteiger charge is -2.34. The first-order chi connectivity index (χ1) is 11.8. The van der Waals surface area contributed by atoms with Crippen LogP contribution in [0.25, 0.3) is 0 Å². The highest BCUT2D eigenvalue weighted by Gasteiger charge is 2.23. The number of benzene rings is 1. The zero-order valence-corrected chi connectivity index (χ0v) is 14.9. The predicted octanol–water partition coefficient (Wildman–Crippen LogP) is 4.20. The summed E-state index contributed by atoms with van der Waals surface area (Å²) in [6, 6.07) is 15.1. The van der Waals surface area contributed by atoms with Crippen molar-refractivity contribution in [1.29, 1.82) is 0 Å². The van der Waals surface area contributed by atoms with Crippen molar-refractivity contribution in [2.45, 2.75) is 51.2 Å². The van der Waals surface area contributed by atoms with Gasteiger partial charge in [-0.2, -0.15) is 0 Å². The molecule has 128 valence electrons. The van der Waals surface area contributed by atoms with Crippen molar-refractivity contribution in [1.82, 2.24) is 10.2 Å². The van der Waals surface area contributed by atoms with Gasteiger partial charge in [-0.1, -0.05) is 55.7 Å². The van der Waals surface area contributed by atoms with Gasteiger partial charge in [-0.25, -0.2) is 0 Å². The van der Waals surface area contributed by atoms with E-state index in [9.17, 15) is 4.79 Å². The van der Waals surface area contributed by atoms with Gasteiger partial charge in [0.25, 0.3) is 0 Å². The SMILES string of the molecule is O=C(CN(Cc1ccccc1)C1CCCCC1)NCc1cccs1. The van der Waals surface area contributed by atoms with Gasteiger partial charge < -0.3 is 5.32 Å². The highest BCUT2D eigenvalue weighted by Crippen LogP contribution is 2.24. The Morgan fingerprint density at radius 3 is 2.58 bits per heavy atom. The van der Waals surface area contributed by atoms with Crippen molar-refractivity contribution in [2.75, 3.05) is 6.54 Å². The van der Waals surface area contributed by atoms with Gasteiger partial charge in [0, 0.05) is 17.5 Å². The van der Waals surface area contributed by atoms with Crippen molar-refractivity contribution in [2.24, 2.45) is 0 Å². The molecule has 1 amide bonds. The molecule has 0 aliphatic heterocycles. The molecule has 1 aliphatic rings. The largest absolute Gasteiger partial charge is 0.350 e. The van der Waals surface area contributed by atoms with Gasteiger partial charge in [0.1, 0.15) is 0 Å². The van der Waals surface area contributed by atoms with Gasteiger partial charge in [-0.15, -0.1) is 11.3 Å². The van der Waals surface area contributed by atoms with Gasteiger partial charge in [-0.3, -0.25) is 9.69 Å². The van der Waals surface area contributed by atoms with Crippen LogP contribution in [-0.2, 0) is 17.9 Å². The van der Waals surface area contributed by atoms with Crippen LogP contribution in [0.5, 0.6) is 0 Å². The van der Waals surface area contributed by atoms with E-state index < -0.39 is 0 Å². The minimum absolute atomic E-state index is 0.130.